The van der Waals surface area contributed by atoms with Crippen molar-refractivity contribution in [2.75, 3.05) is 0 Å². The molecule has 0 saturated carbocycles. The van der Waals surface area contributed by atoms with E-state index in [-0.39, 0.29) is 175 Å². The fraction of sp³-hybridized carbons (Fsp3) is 0.750. The van der Waals surface area contributed by atoms with Gasteiger partial charge in [0.05, 0.1) is 0 Å². The van der Waals surface area contributed by atoms with Gasteiger partial charge < -0.3 is 18.4 Å². The summed E-state index contributed by atoms with van der Waals surface area (Å²) in [6, 6.07) is 0. The van der Waals surface area contributed by atoms with Crippen LogP contribution in [0.4, 0.5) is 0 Å². The molecular weight excluding hydrogens is 337 g/mol. The van der Waals surface area contributed by atoms with Gasteiger partial charge in [-0.25, -0.2) is 6.42 Å². The second-order valence-electron chi connectivity index (χ2n) is 0.955. The second-order valence-corrected chi connectivity index (χ2v) is 1.29. The summed E-state index contributed by atoms with van der Waals surface area (Å²) in [5.41, 5.74) is 0. The first kappa shape index (κ1) is 23.5. The van der Waals surface area contributed by atoms with Crippen LogP contribution in [0.25, 0.3) is 0 Å². The molecule has 0 saturated heterocycles. The average Bonchev–Trinajstić information content (AvgIpc) is 1.41. The maximum atomic E-state index is 4.53. The van der Waals surface area contributed by atoms with Crippen LogP contribution in [0.1, 0.15) is 19.8 Å². The van der Waals surface area contributed by atoms with Gasteiger partial charge in [0.15, 0.2) is 0 Å². The molecule has 0 N–H and O–H groups in total. The molecule has 0 fully saturated rings. The topological polar surface area (TPSA) is 0 Å². The third-order valence-electron chi connectivity index (χ3n) is 0.407. The van der Waals surface area contributed by atoms with Gasteiger partial charge in [-0.2, -0.15) is 0 Å². The normalized spacial score (nSPS) is 5.25. The van der Waals surface area contributed by atoms with E-state index in [1.54, 1.807) is 5.75 Å². The van der Waals surface area contributed by atoms with E-state index in [1.807, 2.05) is 0 Å². The van der Waals surface area contributed by atoms with Crippen LogP contribution >= 0.6 is 0 Å². The fourth-order valence-electron chi connectivity index (χ4n) is 0.118. The Hall–Kier alpha value is 5.77. The first-order chi connectivity index (χ1) is 2.41. The molecule has 0 aromatic rings. The van der Waals surface area contributed by atoms with E-state index < -0.39 is 0 Å². The zero-order valence-electron chi connectivity index (χ0n) is 6.40. The molecule has 0 heterocycles. The van der Waals surface area contributed by atoms with Crippen LogP contribution in [0.3, 0.4) is 0 Å². The van der Waals surface area contributed by atoms with Crippen molar-refractivity contribution in [2.45, 2.75) is 19.8 Å². The van der Waals surface area contributed by atoms with Crippen LogP contribution in [0.15, 0.2) is 0 Å². The molecule has 0 amide bonds. The standard InChI is InChI=1S/C4H8S.3Rb/c1-2-3-4-5;;;/h4H,2-3H2,1H3;;;/q-2;3*+1. The number of unbranched alkanes of at least 4 members (excludes halogenated alkanes) is 1. The molecule has 0 rings (SSSR count). The third kappa shape index (κ3) is 22.6. The molecule has 0 spiro atoms. The maximum absolute atomic E-state index is 4.53. The molecular formula is C4H8Rb3S+. The SMILES string of the molecule is CCC[CH-][S-].[Rb+].[Rb+].[Rb+]. The summed E-state index contributed by atoms with van der Waals surface area (Å²) in [7, 11) is 0. The van der Waals surface area contributed by atoms with Crippen molar-refractivity contribution >= 4 is 12.6 Å². The van der Waals surface area contributed by atoms with E-state index in [1.165, 1.54) is 6.42 Å². The van der Waals surface area contributed by atoms with Gasteiger partial charge in [0.25, 0.3) is 0 Å². The molecule has 0 aromatic heterocycles. The summed E-state index contributed by atoms with van der Waals surface area (Å²) < 4.78 is 0. The zero-order chi connectivity index (χ0) is 4.12. The summed E-state index contributed by atoms with van der Waals surface area (Å²) in [5, 5.41) is 0. The molecule has 0 unspecified atom stereocenters. The molecule has 0 bridgehead atoms. The summed E-state index contributed by atoms with van der Waals surface area (Å²) >= 11 is 4.53. The summed E-state index contributed by atoms with van der Waals surface area (Å²) in [4.78, 5) is 0. The molecule has 0 radical (unpaired) electrons. The maximum Gasteiger partial charge on any atom is 1.00 e. The minimum Gasteiger partial charge on any atom is -1.01 e. The van der Waals surface area contributed by atoms with Crippen molar-refractivity contribution in [3.63, 3.8) is 0 Å². The van der Waals surface area contributed by atoms with Crippen molar-refractivity contribution < 1.29 is 175 Å². The van der Waals surface area contributed by atoms with Crippen molar-refractivity contribution in [2.24, 2.45) is 0 Å². The molecule has 0 atom stereocenters. The summed E-state index contributed by atoms with van der Waals surface area (Å²) in [6.45, 7) is 2.11. The van der Waals surface area contributed by atoms with Gasteiger partial charge in [0, 0.05) is 0 Å². The Morgan fingerprint density at radius 2 is 1.62 bits per heavy atom. The van der Waals surface area contributed by atoms with Crippen molar-refractivity contribution in [1.29, 1.82) is 0 Å². The molecule has 0 nitrogen and oxygen atoms in total. The Kier molecular flexibility index (Phi) is 67.6. The van der Waals surface area contributed by atoms with Gasteiger partial charge >= 0.3 is 175 Å². The van der Waals surface area contributed by atoms with Gasteiger partial charge in [0.1, 0.15) is 0 Å². The number of hydrogen-bond donors (Lipinski definition) is 0. The van der Waals surface area contributed by atoms with Gasteiger partial charge in [-0.1, -0.05) is 13.3 Å². The fourth-order valence-corrected chi connectivity index (χ4v) is 0.354. The Balaban J connectivity index is -0.0000000267. The quantitative estimate of drug-likeness (QED) is 0.354. The van der Waals surface area contributed by atoms with Crippen LogP contribution in [0, 0.1) is 5.75 Å². The van der Waals surface area contributed by atoms with Crippen molar-refractivity contribution in [3.8, 4) is 0 Å². The molecule has 4 heteroatoms. The average molecular weight is 345 g/mol. The first-order valence-corrected chi connectivity index (χ1v) is 2.32. The predicted molar refractivity (Wildman–Crippen MR) is 26.6 cm³/mol. The van der Waals surface area contributed by atoms with Crippen LogP contribution in [-0.4, -0.2) is 0 Å². The molecule has 0 aliphatic heterocycles. The Morgan fingerprint density at radius 3 is 1.62 bits per heavy atom. The molecule has 8 heavy (non-hydrogen) atoms. The Labute approximate surface area is 205 Å². The van der Waals surface area contributed by atoms with E-state index in [9.17, 15) is 0 Å². The third-order valence-corrected chi connectivity index (χ3v) is 0.642. The Bertz CT molecular complexity index is 18.8. The summed E-state index contributed by atoms with van der Waals surface area (Å²) in [5.74, 6) is 1.76. The second kappa shape index (κ2) is 23.0. The number of rotatable bonds is 2. The first-order valence-electron chi connectivity index (χ1n) is 1.85. The molecule has 0 aliphatic carbocycles. The minimum atomic E-state index is 0. The van der Waals surface area contributed by atoms with Gasteiger partial charge in [-0.3, -0.25) is 0 Å². The minimum absolute atomic E-state index is 0. The molecule has 32 valence electrons. The Morgan fingerprint density at radius 1 is 1.25 bits per heavy atom. The number of hydrogen-bond acceptors (Lipinski definition) is 1. The van der Waals surface area contributed by atoms with Gasteiger partial charge in [-0.05, 0) is 0 Å². The molecule has 0 aromatic carbocycles. The van der Waals surface area contributed by atoms with E-state index in [2.05, 4.69) is 19.6 Å². The monoisotopic (exact) mass is 343 g/mol. The largest absolute Gasteiger partial charge is 1.01 e. The van der Waals surface area contributed by atoms with E-state index >= 15 is 0 Å². The van der Waals surface area contributed by atoms with E-state index in [0.29, 0.717) is 0 Å². The van der Waals surface area contributed by atoms with Gasteiger partial charge in [-0.15, -0.1) is 0 Å². The molecule has 0 aliphatic rings. The predicted octanol–water partition coefficient (Wildman–Crippen LogP) is -7.49. The zero-order valence-corrected chi connectivity index (χ0v) is 22.0. The van der Waals surface area contributed by atoms with Crippen molar-refractivity contribution in [1.82, 2.24) is 0 Å². The van der Waals surface area contributed by atoms with Crippen LogP contribution in [0.5, 0.6) is 0 Å². The van der Waals surface area contributed by atoms with Gasteiger partial charge in [0.2, 0.25) is 0 Å². The van der Waals surface area contributed by atoms with Crippen LogP contribution in [0.2, 0.25) is 0 Å². The smallest absolute Gasteiger partial charge is 1.00 e. The van der Waals surface area contributed by atoms with E-state index in [0.717, 1.165) is 6.42 Å². The van der Waals surface area contributed by atoms with Crippen LogP contribution in [-0.2, 0) is 12.6 Å². The van der Waals surface area contributed by atoms with E-state index in [4.69, 9.17) is 0 Å². The van der Waals surface area contributed by atoms with Crippen molar-refractivity contribution in [3.05, 3.63) is 5.75 Å². The summed E-state index contributed by atoms with van der Waals surface area (Å²) in [6.07, 6.45) is 2.26. The van der Waals surface area contributed by atoms with Crippen LogP contribution < -0.4 is 175 Å².